The normalized spacial score (nSPS) is 10.7. The van der Waals surface area contributed by atoms with E-state index in [1.54, 1.807) is 60.7 Å². The summed E-state index contributed by atoms with van der Waals surface area (Å²) in [5, 5.41) is 14.9. The average Bonchev–Trinajstić information content (AvgIpc) is 3.03. The largest absolute Gasteiger partial charge is 0.366 e. The van der Waals surface area contributed by atoms with Gasteiger partial charge in [0.1, 0.15) is 22.8 Å². The van der Waals surface area contributed by atoms with Crippen LogP contribution in [0.25, 0.3) is 45.0 Å². The fourth-order valence-corrected chi connectivity index (χ4v) is 4.04. The number of anilines is 2. The zero-order valence-electron chi connectivity index (χ0n) is 22.2. The number of nitrogens with zero attached hydrogens (tertiary/aromatic N) is 6. The number of nitrogen functional groups attached to an aromatic ring is 2. The highest BCUT2D eigenvalue weighted by Gasteiger charge is 2.19. The Balaban J connectivity index is 0.000000175. The number of benzene rings is 4. The van der Waals surface area contributed by atoms with Gasteiger partial charge in [0.15, 0.2) is 34.9 Å². The summed E-state index contributed by atoms with van der Waals surface area (Å²) in [6.07, 6.45) is 0. The Morgan fingerprint density at radius 3 is 1.02 bits per heavy atom. The van der Waals surface area contributed by atoms with Crippen molar-refractivity contribution < 1.29 is 26.3 Å². The van der Waals surface area contributed by atoms with Crippen molar-refractivity contribution in [2.45, 2.75) is 0 Å². The third-order valence-electron chi connectivity index (χ3n) is 6.02. The van der Waals surface area contributed by atoms with E-state index in [4.69, 9.17) is 11.5 Å². The second-order valence-corrected chi connectivity index (χ2v) is 8.97. The average molecular weight is 605 g/mol. The van der Waals surface area contributed by atoms with E-state index in [1.807, 2.05) is 0 Å². The maximum atomic E-state index is 13.4. The highest BCUT2D eigenvalue weighted by Crippen LogP contribution is 2.31. The summed E-state index contributed by atoms with van der Waals surface area (Å²) in [5.74, 6) is -8.49. The highest BCUT2D eigenvalue weighted by atomic mass is 19.2. The van der Waals surface area contributed by atoms with E-state index in [0.29, 0.717) is 22.5 Å². The summed E-state index contributed by atoms with van der Waals surface area (Å²) in [6.45, 7) is 0. The van der Waals surface area contributed by atoms with Gasteiger partial charge in [-0.1, -0.05) is 60.7 Å². The Morgan fingerprint density at radius 1 is 0.386 bits per heavy atom. The van der Waals surface area contributed by atoms with Crippen LogP contribution in [0.2, 0.25) is 0 Å². The van der Waals surface area contributed by atoms with Crippen LogP contribution in [0, 0.1) is 34.9 Å². The van der Waals surface area contributed by atoms with Gasteiger partial charge in [0.2, 0.25) is 11.9 Å². The van der Waals surface area contributed by atoms with Gasteiger partial charge in [-0.25, -0.2) is 36.3 Å². The summed E-state index contributed by atoms with van der Waals surface area (Å²) >= 11 is 0. The topological polar surface area (TPSA) is 129 Å². The third-order valence-corrected chi connectivity index (χ3v) is 6.02. The maximum Gasteiger partial charge on any atom is 0.240 e. The van der Waals surface area contributed by atoms with Gasteiger partial charge in [0.25, 0.3) is 0 Å². The summed E-state index contributed by atoms with van der Waals surface area (Å²) < 4.78 is 79.9. The number of hydrogen-bond acceptors (Lipinski definition) is 8. The van der Waals surface area contributed by atoms with Crippen molar-refractivity contribution >= 4 is 11.9 Å². The van der Waals surface area contributed by atoms with Gasteiger partial charge in [-0.3, -0.25) is 0 Å². The molecule has 0 amide bonds. The lowest BCUT2D eigenvalue weighted by molar-refractivity contribution is 0.447. The minimum Gasteiger partial charge on any atom is -0.366 e. The molecule has 0 fully saturated rings. The molecule has 0 unspecified atom stereocenters. The molecule has 0 aliphatic carbocycles. The molecule has 44 heavy (non-hydrogen) atoms. The quantitative estimate of drug-likeness (QED) is 0.175. The van der Waals surface area contributed by atoms with Crippen molar-refractivity contribution in [1.82, 2.24) is 30.4 Å². The molecule has 0 saturated carbocycles. The molecule has 2 aromatic heterocycles. The summed E-state index contributed by atoms with van der Waals surface area (Å²) in [7, 11) is 0. The van der Waals surface area contributed by atoms with Crippen LogP contribution in [-0.4, -0.2) is 30.4 Å². The van der Waals surface area contributed by atoms with E-state index >= 15 is 0 Å². The zero-order chi connectivity index (χ0) is 31.4. The Morgan fingerprint density at radius 2 is 0.705 bits per heavy atom. The first-order valence-electron chi connectivity index (χ1n) is 12.5. The van der Waals surface area contributed by atoms with Crippen molar-refractivity contribution in [3.63, 3.8) is 0 Å². The lowest BCUT2D eigenvalue weighted by atomic mass is 10.0. The Bertz CT molecular complexity index is 1770. The van der Waals surface area contributed by atoms with Gasteiger partial charge >= 0.3 is 0 Å². The Labute approximate surface area is 245 Å². The first kappa shape index (κ1) is 29.6. The molecule has 0 radical (unpaired) electrons. The molecule has 0 atom stereocenters. The lowest BCUT2D eigenvalue weighted by Gasteiger charge is -2.08. The molecule has 6 rings (SSSR count). The fourth-order valence-electron chi connectivity index (χ4n) is 4.04. The predicted octanol–water partition coefficient (Wildman–Crippen LogP) is 6.41. The molecular weight excluding hydrogens is 586 g/mol. The molecule has 6 aromatic rings. The molecular formula is C30H18F6N8. The van der Waals surface area contributed by atoms with Gasteiger partial charge in [0.05, 0.1) is 0 Å². The second-order valence-electron chi connectivity index (χ2n) is 8.97. The number of halogens is 6. The molecule has 0 aliphatic rings. The minimum atomic E-state index is -1.54. The monoisotopic (exact) mass is 604 g/mol. The van der Waals surface area contributed by atoms with E-state index in [-0.39, 0.29) is 34.4 Å². The Kier molecular flexibility index (Phi) is 8.42. The molecule has 0 spiro atoms. The van der Waals surface area contributed by atoms with E-state index in [0.717, 1.165) is 24.3 Å². The Hall–Kier alpha value is -5.92. The van der Waals surface area contributed by atoms with Crippen LogP contribution in [0.15, 0.2) is 84.9 Å². The van der Waals surface area contributed by atoms with Gasteiger partial charge in [-0.15, -0.1) is 20.4 Å². The molecule has 14 heteroatoms. The number of rotatable bonds is 4. The van der Waals surface area contributed by atoms with Gasteiger partial charge in [-0.2, -0.15) is 0 Å². The molecule has 2 heterocycles. The predicted molar refractivity (Wildman–Crippen MR) is 150 cm³/mol. The molecule has 0 bridgehead atoms. The van der Waals surface area contributed by atoms with Crippen molar-refractivity contribution in [2.75, 3.05) is 11.5 Å². The fraction of sp³-hybridized carbons (Fsp3) is 0. The third kappa shape index (κ3) is 6.28. The van der Waals surface area contributed by atoms with Crippen LogP contribution < -0.4 is 11.5 Å². The van der Waals surface area contributed by atoms with E-state index in [9.17, 15) is 26.3 Å². The molecule has 0 aliphatic heterocycles. The molecule has 8 nitrogen and oxygen atoms in total. The van der Waals surface area contributed by atoms with Crippen molar-refractivity contribution in [3.05, 3.63) is 120 Å². The van der Waals surface area contributed by atoms with E-state index in [2.05, 4.69) is 30.4 Å². The van der Waals surface area contributed by atoms with Crippen molar-refractivity contribution in [2.24, 2.45) is 0 Å². The van der Waals surface area contributed by atoms with Crippen LogP contribution in [0.4, 0.5) is 38.2 Å². The molecule has 0 saturated heterocycles. The maximum absolute atomic E-state index is 13.4. The number of aromatic nitrogens is 6. The van der Waals surface area contributed by atoms with E-state index in [1.165, 1.54) is 0 Å². The first-order valence-corrected chi connectivity index (χ1v) is 12.5. The number of hydrogen-bond donors (Lipinski definition) is 2. The van der Waals surface area contributed by atoms with Crippen molar-refractivity contribution in [3.8, 4) is 45.0 Å². The van der Waals surface area contributed by atoms with Gasteiger partial charge in [0, 0.05) is 22.3 Å². The SMILES string of the molecule is Nc1nnc(-c2cc(F)c(F)c(F)c2)c(-c2ccccc2)n1.Nc1nnc(-c2cc(F)c(F)c(F)c2)c(-c2ccccc2)n1. The van der Waals surface area contributed by atoms with Gasteiger partial charge in [-0.05, 0) is 24.3 Å². The highest BCUT2D eigenvalue weighted by molar-refractivity contribution is 5.79. The second kappa shape index (κ2) is 12.5. The van der Waals surface area contributed by atoms with Crippen LogP contribution in [0.3, 0.4) is 0 Å². The summed E-state index contributed by atoms with van der Waals surface area (Å²) in [5.41, 5.74) is 13.2. The smallest absolute Gasteiger partial charge is 0.240 e. The summed E-state index contributed by atoms with van der Waals surface area (Å²) in [4.78, 5) is 8.13. The van der Waals surface area contributed by atoms with Crippen LogP contribution in [0.5, 0.6) is 0 Å². The van der Waals surface area contributed by atoms with Crippen LogP contribution in [0.1, 0.15) is 0 Å². The van der Waals surface area contributed by atoms with Crippen LogP contribution >= 0.6 is 0 Å². The van der Waals surface area contributed by atoms with Crippen LogP contribution in [-0.2, 0) is 0 Å². The van der Waals surface area contributed by atoms with Crippen molar-refractivity contribution in [1.29, 1.82) is 0 Å². The minimum absolute atomic E-state index is 0.0234. The lowest BCUT2D eigenvalue weighted by Crippen LogP contribution is -2.03. The first-order chi connectivity index (χ1) is 21.1. The standard InChI is InChI=1S/2C15H9F3N4/c2*16-10-6-9(7-11(17)12(10)18)14-13(20-15(19)22-21-14)8-4-2-1-3-5-8/h2*1-7H,(H2,19,20,22). The molecule has 220 valence electrons. The molecule has 4 aromatic carbocycles. The van der Waals surface area contributed by atoms with E-state index < -0.39 is 34.9 Å². The van der Waals surface area contributed by atoms with Gasteiger partial charge < -0.3 is 11.5 Å². The summed E-state index contributed by atoms with van der Waals surface area (Å²) in [6, 6.07) is 21.0. The molecule has 4 N–H and O–H groups in total. The zero-order valence-corrected chi connectivity index (χ0v) is 22.2. The number of nitrogens with two attached hydrogens (primary N) is 2.